The summed E-state index contributed by atoms with van der Waals surface area (Å²) in [6.07, 6.45) is 0.196. The van der Waals surface area contributed by atoms with E-state index in [4.69, 9.17) is 17.0 Å². The van der Waals surface area contributed by atoms with Crippen molar-refractivity contribution in [1.29, 1.82) is 0 Å². The Balaban J connectivity index is 1.38. The van der Waals surface area contributed by atoms with Crippen molar-refractivity contribution < 1.29 is 14.3 Å². The lowest BCUT2D eigenvalue weighted by Crippen LogP contribution is -2.48. The number of carbonyl (C=O) groups is 2. The summed E-state index contributed by atoms with van der Waals surface area (Å²) in [4.78, 5) is 44.6. The van der Waals surface area contributed by atoms with Gasteiger partial charge >= 0.3 is 5.97 Å². The third-order valence-electron chi connectivity index (χ3n) is 5.93. The number of amides is 1. The molecule has 172 valence electrons. The molecule has 1 N–H and O–H groups in total. The normalized spacial score (nSPS) is 14.4. The third-order valence-corrected chi connectivity index (χ3v) is 6.25. The lowest BCUT2D eigenvalue weighted by atomic mass is 10.1. The van der Waals surface area contributed by atoms with Gasteiger partial charge in [-0.15, -0.1) is 0 Å². The minimum Gasteiger partial charge on any atom is -0.465 e. The third kappa shape index (κ3) is 5.20. The van der Waals surface area contributed by atoms with E-state index in [9.17, 15) is 14.4 Å². The first-order valence-corrected chi connectivity index (χ1v) is 11.3. The van der Waals surface area contributed by atoms with E-state index in [1.807, 2.05) is 23.1 Å². The molecule has 4 rings (SSSR count). The SMILES string of the molecule is COC(=O)c1ccc2c(=O)n(CCC(=O)N3CCN(Cc4ccccc4)CC3)c(=S)[nH]c2c1. The smallest absolute Gasteiger partial charge is 0.337 e. The zero-order valence-corrected chi connectivity index (χ0v) is 19.3. The van der Waals surface area contributed by atoms with Gasteiger partial charge in [-0.1, -0.05) is 30.3 Å². The first-order chi connectivity index (χ1) is 16.0. The number of H-pyrrole nitrogens is 1. The van der Waals surface area contributed by atoms with Crippen molar-refractivity contribution in [3.05, 3.63) is 74.8 Å². The second-order valence-electron chi connectivity index (χ2n) is 8.03. The Labute approximate surface area is 196 Å². The van der Waals surface area contributed by atoms with Gasteiger partial charge in [0.15, 0.2) is 4.77 Å². The maximum absolute atomic E-state index is 12.9. The van der Waals surface area contributed by atoms with E-state index in [0.29, 0.717) is 29.6 Å². The van der Waals surface area contributed by atoms with Crippen molar-refractivity contribution in [2.45, 2.75) is 19.5 Å². The van der Waals surface area contributed by atoms with E-state index in [-0.39, 0.29) is 29.2 Å². The number of carbonyl (C=O) groups excluding carboxylic acids is 2. The molecule has 0 unspecified atom stereocenters. The standard InChI is InChI=1S/C24H26N4O4S/c1-32-23(31)18-7-8-19-20(15-18)25-24(33)28(22(19)30)10-9-21(29)27-13-11-26(12-14-27)16-17-5-3-2-4-6-17/h2-8,15H,9-14,16H2,1H3,(H,25,33). The van der Waals surface area contributed by atoms with Crippen LogP contribution in [0.4, 0.5) is 0 Å². The molecule has 1 saturated heterocycles. The maximum Gasteiger partial charge on any atom is 0.337 e. The van der Waals surface area contributed by atoms with E-state index >= 15 is 0 Å². The van der Waals surface area contributed by atoms with Crippen LogP contribution in [0.15, 0.2) is 53.3 Å². The lowest BCUT2D eigenvalue weighted by molar-refractivity contribution is -0.133. The molecular formula is C24H26N4O4S. The summed E-state index contributed by atoms with van der Waals surface area (Å²) in [7, 11) is 1.30. The van der Waals surface area contributed by atoms with Crippen LogP contribution in [0.25, 0.3) is 10.9 Å². The van der Waals surface area contributed by atoms with Crippen molar-refractivity contribution in [3.63, 3.8) is 0 Å². The Hall–Kier alpha value is -3.30. The number of hydrogen-bond donors (Lipinski definition) is 1. The van der Waals surface area contributed by atoms with Crippen LogP contribution in [0.1, 0.15) is 22.3 Å². The number of hydrogen-bond acceptors (Lipinski definition) is 6. The molecule has 9 heteroatoms. The summed E-state index contributed by atoms with van der Waals surface area (Å²) >= 11 is 5.35. The number of benzene rings is 2. The van der Waals surface area contributed by atoms with Crippen molar-refractivity contribution in [1.82, 2.24) is 19.4 Å². The summed E-state index contributed by atoms with van der Waals surface area (Å²) in [6.45, 7) is 4.05. The van der Waals surface area contributed by atoms with Gasteiger partial charge in [0, 0.05) is 45.7 Å². The number of aromatic nitrogens is 2. The Morgan fingerprint density at radius 1 is 1.06 bits per heavy atom. The summed E-state index contributed by atoms with van der Waals surface area (Å²) < 4.78 is 6.34. The van der Waals surface area contributed by atoms with Gasteiger partial charge in [0.25, 0.3) is 5.56 Å². The molecular weight excluding hydrogens is 440 g/mol. The Bertz CT molecular complexity index is 1280. The Morgan fingerprint density at radius 2 is 1.79 bits per heavy atom. The summed E-state index contributed by atoms with van der Waals surface area (Å²) in [6, 6.07) is 14.9. The van der Waals surface area contributed by atoms with Crippen LogP contribution in [0.2, 0.25) is 0 Å². The quantitative estimate of drug-likeness (QED) is 0.444. The molecule has 2 heterocycles. The zero-order chi connectivity index (χ0) is 23.4. The molecule has 1 aromatic heterocycles. The van der Waals surface area contributed by atoms with Gasteiger partial charge < -0.3 is 14.6 Å². The van der Waals surface area contributed by atoms with E-state index in [1.165, 1.54) is 23.3 Å². The highest BCUT2D eigenvalue weighted by molar-refractivity contribution is 7.71. The van der Waals surface area contributed by atoms with E-state index < -0.39 is 5.97 Å². The predicted molar refractivity (Wildman–Crippen MR) is 128 cm³/mol. The van der Waals surface area contributed by atoms with Crippen LogP contribution in [-0.4, -0.2) is 64.5 Å². The number of rotatable bonds is 6. The molecule has 1 fully saturated rings. The molecule has 1 aliphatic heterocycles. The molecule has 0 atom stereocenters. The topological polar surface area (TPSA) is 87.6 Å². The zero-order valence-electron chi connectivity index (χ0n) is 18.5. The van der Waals surface area contributed by atoms with Crippen LogP contribution in [0.5, 0.6) is 0 Å². The Morgan fingerprint density at radius 3 is 2.48 bits per heavy atom. The van der Waals surface area contributed by atoms with Crippen LogP contribution in [0.3, 0.4) is 0 Å². The second-order valence-corrected chi connectivity index (χ2v) is 8.42. The molecule has 3 aromatic rings. The highest BCUT2D eigenvalue weighted by Crippen LogP contribution is 2.13. The van der Waals surface area contributed by atoms with Gasteiger partial charge in [-0.3, -0.25) is 19.1 Å². The predicted octanol–water partition coefficient (Wildman–Crippen LogP) is 2.58. The van der Waals surface area contributed by atoms with Gasteiger partial charge in [0.2, 0.25) is 5.91 Å². The van der Waals surface area contributed by atoms with E-state index in [0.717, 1.165) is 19.6 Å². The highest BCUT2D eigenvalue weighted by atomic mass is 32.1. The first-order valence-electron chi connectivity index (χ1n) is 10.9. The number of piperazine rings is 1. The van der Waals surface area contributed by atoms with Crippen LogP contribution in [0, 0.1) is 4.77 Å². The molecule has 2 aromatic carbocycles. The van der Waals surface area contributed by atoms with E-state index in [1.54, 1.807) is 12.1 Å². The lowest BCUT2D eigenvalue weighted by Gasteiger charge is -2.34. The highest BCUT2D eigenvalue weighted by Gasteiger charge is 2.21. The maximum atomic E-state index is 12.9. The molecule has 0 aliphatic carbocycles. The van der Waals surface area contributed by atoms with Gasteiger partial charge in [0.05, 0.1) is 23.6 Å². The van der Waals surface area contributed by atoms with Crippen molar-refractivity contribution in [2.24, 2.45) is 0 Å². The average molecular weight is 467 g/mol. The van der Waals surface area contributed by atoms with Gasteiger partial charge in [-0.2, -0.15) is 0 Å². The number of nitrogens with one attached hydrogen (secondary N) is 1. The first kappa shape index (κ1) is 22.9. The minimum atomic E-state index is -0.491. The van der Waals surface area contributed by atoms with Crippen LogP contribution < -0.4 is 5.56 Å². The number of ether oxygens (including phenoxy) is 1. The fourth-order valence-corrected chi connectivity index (χ4v) is 4.35. The molecule has 0 radical (unpaired) electrons. The monoisotopic (exact) mass is 466 g/mol. The molecule has 0 saturated carbocycles. The minimum absolute atomic E-state index is 0.0109. The fourth-order valence-electron chi connectivity index (χ4n) is 4.06. The molecule has 8 nitrogen and oxygen atoms in total. The van der Waals surface area contributed by atoms with Crippen LogP contribution in [-0.2, 0) is 22.6 Å². The van der Waals surface area contributed by atoms with Gasteiger partial charge in [-0.05, 0) is 36.0 Å². The number of fused-ring (bicyclic) bond motifs is 1. The van der Waals surface area contributed by atoms with Crippen molar-refractivity contribution in [3.8, 4) is 0 Å². The average Bonchev–Trinajstić information content (AvgIpc) is 2.84. The van der Waals surface area contributed by atoms with Gasteiger partial charge in [-0.25, -0.2) is 4.79 Å². The van der Waals surface area contributed by atoms with Crippen LogP contribution >= 0.6 is 12.2 Å². The molecule has 33 heavy (non-hydrogen) atoms. The number of methoxy groups -OCH3 is 1. The molecule has 1 aliphatic rings. The van der Waals surface area contributed by atoms with Crippen molar-refractivity contribution >= 4 is 35.0 Å². The number of esters is 1. The van der Waals surface area contributed by atoms with E-state index in [2.05, 4.69) is 22.0 Å². The summed E-state index contributed by atoms with van der Waals surface area (Å²) in [5.74, 6) is -0.480. The fraction of sp³-hybridized carbons (Fsp3) is 0.333. The number of nitrogens with zero attached hydrogens (tertiary/aromatic N) is 3. The Kier molecular flexibility index (Phi) is 7.00. The number of aromatic amines is 1. The largest absolute Gasteiger partial charge is 0.465 e. The molecule has 1 amide bonds. The molecule has 0 bridgehead atoms. The second kappa shape index (κ2) is 10.1. The van der Waals surface area contributed by atoms with Gasteiger partial charge in [0.1, 0.15) is 0 Å². The summed E-state index contributed by atoms with van der Waals surface area (Å²) in [5, 5.41) is 0.401. The van der Waals surface area contributed by atoms with Crippen molar-refractivity contribution in [2.75, 3.05) is 33.3 Å². The molecule has 0 spiro atoms. The summed E-state index contributed by atoms with van der Waals surface area (Å²) in [5.41, 5.74) is 1.77.